The number of nitrogens with zero attached hydrogens (tertiary/aromatic N) is 1. The van der Waals surface area contributed by atoms with E-state index in [0.717, 1.165) is 0 Å². The van der Waals surface area contributed by atoms with Gasteiger partial charge in [-0.2, -0.15) is 0 Å². The molecule has 0 aliphatic rings. The molecule has 0 heterocycles. The highest BCUT2D eigenvalue weighted by atomic mass is 35.5. The van der Waals surface area contributed by atoms with Gasteiger partial charge in [0.15, 0.2) is 0 Å². The first-order valence-corrected chi connectivity index (χ1v) is 6.16. The summed E-state index contributed by atoms with van der Waals surface area (Å²) in [5, 5.41) is 17.3. The van der Waals surface area contributed by atoms with E-state index in [1.165, 1.54) is 0 Å². The average Bonchev–Trinajstić information content (AvgIpc) is 2.26. The molecule has 2 amide bonds. The van der Waals surface area contributed by atoms with E-state index >= 15 is 0 Å². The number of urea groups is 1. The number of anilines is 1. The Kier molecular flexibility index (Phi) is 5.72. The largest absolute Gasteiger partial charge is 0.409 e. The second-order valence-corrected chi connectivity index (χ2v) is 4.83. The van der Waals surface area contributed by atoms with Gasteiger partial charge in [-0.25, -0.2) is 4.79 Å². The van der Waals surface area contributed by atoms with Crippen LogP contribution in [0.2, 0.25) is 10.0 Å². The minimum atomic E-state index is -0.434. The normalized spacial score (nSPS) is 12.9. The lowest BCUT2D eigenvalue weighted by Crippen LogP contribution is -2.38. The maximum absolute atomic E-state index is 11.7. The number of amidine groups is 1. The number of benzene rings is 1. The Morgan fingerprint density at radius 2 is 2.00 bits per heavy atom. The van der Waals surface area contributed by atoms with Crippen molar-refractivity contribution in [3.63, 3.8) is 0 Å². The lowest BCUT2D eigenvalue weighted by Gasteiger charge is -2.14. The van der Waals surface area contributed by atoms with Gasteiger partial charge in [0.2, 0.25) is 0 Å². The third-order valence-corrected chi connectivity index (χ3v) is 2.58. The van der Waals surface area contributed by atoms with Gasteiger partial charge in [0.25, 0.3) is 0 Å². The van der Waals surface area contributed by atoms with Crippen LogP contribution in [0.5, 0.6) is 0 Å². The molecular weight excluding hydrogens is 291 g/mol. The van der Waals surface area contributed by atoms with Crippen LogP contribution in [-0.2, 0) is 0 Å². The van der Waals surface area contributed by atoms with Gasteiger partial charge in [0, 0.05) is 28.2 Å². The van der Waals surface area contributed by atoms with Crippen molar-refractivity contribution < 1.29 is 10.0 Å². The van der Waals surface area contributed by atoms with Crippen molar-refractivity contribution in [2.75, 3.05) is 5.32 Å². The quantitative estimate of drug-likeness (QED) is 0.298. The number of amides is 2. The fourth-order valence-electron chi connectivity index (χ4n) is 1.42. The number of carbonyl (C=O) groups excluding carboxylic acids is 1. The Balaban J connectivity index is 2.55. The van der Waals surface area contributed by atoms with Crippen molar-refractivity contribution in [2.24, 2.45) is 10.9 Å². The lowest BCUT2D eigenvalue weighted by atomic mass is 10.2. The fourth-order valence-corrected chi connectivity index (χ4v) is 1.95. The molecule has 0 saturated carbocycles. The predicted molar refractivity (Wildman–Crippen MR) is 76.1 cm³/mol. The van der Waals surface area contributed by atoms with E-state index in [1.807, 2.05) is 0 Å². The zero-order valence-corrected chi connectivity index (χ0v) is 11.7. The number of oxime groups is 1. The molecule has 1 rings (SSSR count). The summed E-state index contributed by atoms with van der Waals surface area (Å²) in [7, 11) is 0. The molecule has 19 heavy (non-hydrogen) atoms. The lowest BCUT2D eigenvalue weighted by molar-refractivity contribution is 0.249. The Morgan fingerprint density at radius 3 is 2.53 bits per heavy atom. The summed E-state index contributed by atoms with van der Waals surface area (Å²) in [6.07, 6.45) is 0.236. The summed E-state index contributed by atoms with van der Waals surface area (Å²) in [5.74, 6) is 0.0404. The average molecular weight is 305 g/mol. The Morgan fingerprint density at radius 1 is 1.42 bits per heavy atom. The Labute approximate surface area is 120 Å². The molecule has 5 N–H and O–H groups in total. The molecule has 0 aromatic heterocycles. The van der Waals surface area contributed by atoms with Crippen molar-refractivity contribution in [1.29, 1.82) is 0 Å². The minimum absolute atomic E-state index is 0.0404. The summed E-state index contributed by atoms with van der Waals surface area (Å²) >= 11 is 11.6. The molecule has 0 aliphatic carbocycles. The van der Waals surface area contributed by atoms with Crippen LogP contribution in [0.4, 0.5) is 10.5 Å². The zero-order chi connectivity index (χ0) is 14.4. The van der Waals surface area contributed by atoms with Crippen LogP contribution in [0, 0.1) is 0 Å². The van der Waals surface area contributed by atoms with E-state index < -0.39 is 6.03 Å². The first kappa shape index (κ1) is 15.4. The molecule has 0 radical (unpaired) electrons. The minimum Gasteiger partial charge on any atom is -0.409 e. The van der Waals surface area contributed by atoms with Gasteiger partial charge in [-0.15, -0.1) is 0 Å². The molecule has 1 unspecified atom stereocenters. The summed E-state index contributed by atoms with van der Waals surface area (Å²) in [6, 6.07) is 3.98. The molecule has 8 heteroatoms. The summed E-state index contributed by atoms with van der Waals surface area (Å²) in [4.78, 5) is 11.7. The molecule has 1 aromatic rings. The molecule has 0 fully saturated rings. The summed E-state index contributed by atoms with van der Waals surface area (Å²) < 4.78 is 0. The third kappa shape index (κ3) is 5.67. The number of nitrogens with two attached hydrogens (primary N) is 1. The van der Waals surface area contributed by atoms with Crippen molar-refractivity contribution in [1.82, 2.24) is 5.32 Å². The summed E-state index contributed by atoms with van der Waals surface area (Å²) in [5.41, 5.74) is 5.81. The number of carbonyl (C=O) groups is 1. The maximum Gasteiger partial charge on any atom is 0.319 e. The highest BCUT2D eigenvalue weighted by molar-refractivity contribution is 6.35. The van der Waals surface area contributed by atoms with E-state index in [0.29, 0.717) is 15.7 Å². The first-order chi connectivity index (χ1) is 8.90. The summed E-state index contributed by atoms with van der Waals surface area (Å²) in [6.45, 7) is 1.72. The van der Waals surface area contributed by atoms with Crippen LogP contribution < -0.4 is 16.4 Å². The highest BCUT2D eigenvalue weighted by Gasteiger charge is 2.10. The van der Waals surface area contributed by atoms with E-state index in [9.17, 15) is 4.79 Å². The topological polar surface area (TPSA) is 99.7 Å². The molecule has 0 aliphatic heterocycles. The number of halogens is 2. The third-order valence-electron chi connectivity index (χ3n) is 2.14. The fraction of sp³-hybridized carbons (Fsp3) is 0.273. The van der Waals surface area contributed by atoms with Gasteiger partial charge in [-0.05, 0) is 25.1 Å². The molecular formula is C11H14Cl2N4O2. The van der Waals surface area contributed by atoms with Crippen molar-refractivity contribution in [3.05, 3.63) is 28.2 Å². The van der Waals surface area contributed by atoms with Crippen molar-refractivity contribution in [3.8, 4) is 0 Å². The van der Waals surface area contributed by atoms with E-state index in [2.05, 4.69) is 15.8 Å². The van der Waals surface area contributed by atoms with E-state index in [1.54, 1.807) is 25.1 Å². The first-order valence-electron chi connectivity index (χ1n) is 5.40. The van der Waals surface area contributed by atoms with Gasteiger partial charge >= 0.3 is 6.03 Å². The highest BCUT2D eigenvalue weighted by Crippen LogP contribution is 2.22. The smallest absolute Gasteiger partial charge is 0.319 e. The molecule has 6 nitrogen and oxygen atoms in total. The van der Waals surface area contributed by atoms with Crippen LogP contribution in [0.25, 0.3) is 0 Å². The van der Waals surface area contributed by atoms with Gasteiger partial charge in [0.1, 0.15) is 5.84 Å². The van der Waals surface area contributed by atoms with Gasteiger partial charge in [0.05, 0.1) is 0 Å². The Hall–Kier alpha value is -1.66. The van der Waals surface area contributed by atoms with Crippen LogP contribution >= 0.6 is 23.2 Å². The van der Waals surface area contributed by atoms with Gasteiger partial charge in [-0.3, -0.25) is 0 Å². The van der Waals surface area contributed by atoms with Crippen LogP contribution in [0.15, 0.2) is 23.4 Å². The van der Waals surface area contributed by atoms with Crippen LogP contribution in [0.3, 0.4) is 0 Å². The number of nitrogens with one attached hydrogen (secondary N) is 2. The van der Waals surface area contributed by atoms with E-state index in [-0.39, 0.29) is 18.3 Å². The van der Waals surface area contributed by atoms with Gasteiger partial charge < -0.3 is 21.6 Å². The van der Waals surface area contributed by atoms with Gasteiger partial charge in [-0.1, -0.05) is 28.4 Å². The van der Waals surface area contributed by atoms with Crippen LogP contribution in [-0.4, -0.2) is 23.1 Å². The number of hydrogen-bond acceptors (Lipinski definition) is 3. The molecule has 1 atom stereocenters. The molecule has 0 bridgehead atoms. The molecule has 1 aromatic carbocycles. The molecule has 0 spiro atoms. The molecule has 104 valence electrons. The Bertz CT molecular complexity index is 473. The predicted octanol–water partition coefficient (Wildman–Crippen LogP) is 2.64. The SMILES string of the molecule is CC(C/C(N)=N/O)NC(=O)Nc1cc(Cl)cc(Cl)c1. The second kappa shape index (κ2) is 7.06. The van der Waals surface area contributed by atoms with E-state index in [4.69, 9.17) is 34.1 Å². The number of rotatable bonds is 4. The van der Waals surface area contributed by atoms with Crippen molar-refractivity contribution >= 4 is 40.8 Å². The van der Waals surface area contributed by atoms with Crippen LogP contribution in [0.1, 0.15) is 13.3 Å². The monoisotopic (exact) mass is 304 g/mol. The molecule has 0 saturated heterocycles. The number of hydrogen-bond donors (Lipinski definition) is 4. The second-order valence-electron chi connectivity index (χ2n) is 3.95. The zero-order valence-electron chi connectivity index (χ0n) is 10.2. The maximum atomic E-state index is 11.7. The standard InChI is InChI=1S/C11H14Cl2N4O2/c1-6(2-10(14)17-19)15-11(18)16-9-4-7(12)3-8(13)5-9/h3-6,19H,2H2,1H3,(H2,14,17)(H2,15,16,18). The van der Waals surface area contributed by atoms with Crippen molar-refractivity contribution in [2.45, 2.75) is 19.4 Å².